The molecule has 20 heavy (non-hydrogen) atoms. The quantitative estimate of drug-likeness (QED) is 0.804. The zero-order valence-electron chi connectivity index (χ0n) is 12.5. The number of amides is 2. The normalized spacial score (nSPS) is 19.4. The van der Waals surface area contributed by atoms with Crippen LogP contribution in [0, 0.1) is 22.7 Å². The number of rotatable bonds is 6. The predicted octanol–water partition coefficient (Wildman–Crippen LogP) is 1.82. The minimum Gasteiger partial charge on any atom is -0.369 e. The van der Waals surface area contributed by atoms with E-state index in [1.54, 1.807) is 4.90 Å². The van der Waals surface area contributed by atoms with Crippen molar-refractivity contribution >= 4 is 11.8 Å². The Balaban J connectivity index is 2.89. The first-order valence-corrected chi connectivity index (χ1v) is 7.50. The summed E-state index contributed by atoms with van der Waals surface area (Å²) in [6, 6.07) is 2.25. The van der Waals surface area contributed by atoms with Gasteiger partial charge in [0.25, 0.3) is 0 Å². The van der Waals surface area contributed by atoms with Crippen molar-refractivity contribution in [2.45, 2.75) is 52.4 Å². The number of carbonyl (C=O) groups excluding carboxylic acids is 2. The van der Waals surface area contributed by atoms with Crippen molar-refractivity contribution in [1.29, 1.82) is 5.26 Å². The second-order valence-corrected chi connectivity index (χ2v) is 5.69. The molecule has 5 heteroatoms. The second kappa shape index (κ2) is 7.28. The van der Waals surface area contributed by atoms with Gasteiger partial charge in [-0.1, -0.05) is 26.7 Å². The molecule has 1 unspecified atom stereocenters. The van der Waals surface area contributed by atoms with Crippen LogP contribution >= 0.6 is 0 Å². The summed E-state index contributed by atoms with van der Waals surface area (Å²) in [5, 5.41) is 9.53. The lowest BCUT2D eigenvalue weighted by molar-refractivity contribution is -0.142. The summed E-state index contributed by atoms with van der Waals surface area (Å²) < 4.78 is 0. The van der Waals surface area contributed by atoms with Crippen LogP contribution < -0.4 is 5.73 Å². The SMILES string of the molecule is CCCC(C#N)(CCC)C(=O)N1CCCC(C(N)=O)C1. The van der Waals surface area contributed by atoms with Crippen LogP contribution in [-0.4, -0.2) is 29.8 Å². The molecule has 1 aliphatic heterocycles. The monoisotopic (exact) mass is 279 g/mol. The van der Waals surface area contributed by atoms with Gasteiger partial charge < -0.3 is 10.6 Å². The standard InChI is InChI=1S/C15H25N3O2/c1-3-7-15(11-16,8-4-2)14(20)18-9-5-6-12(10-18)13(17)19/h12H,3-10H2,1-2H3,(H2,17,19). The predicted molar refractivity (Wildman–Crippen MR) is 76.4 cm³/mol. The van der Waals surface area contributed by atoms with Crippen LogP contribution in [0.2, 0.25) is 0 Å². The zero-order valence-corrected chi connectivity index (χ0v) is 12.5. The van der Waals surface area contributed by atoms with Gasteiger partial charge in [0.05, 0.1) is 12.0 Å². The first-order chi connectivity index (χ1) is 9.50. The van der Waals surface area contributed by atoms with Crippen LogP contribution in [0.15, 0.2) is 0 Å². The molecule has 0 aliphatic carbocycles. The second-order valence-electron chi connectivity index (χ2n) is 5.69. The van der Waals surface area contributed by atoms with Crippen LogP contribution in [0.3, 0.4) is 0 Å². The molecule has 1 atom stereocenters. The highest BCUT2D eigenvalue weighted by atomic mass is 16.2. The molecule has 0 spiro atoms. The fourth-order valence-corrected chi connectivity index (χ4v) is 3.05. The zero-order chi connectivity index (χ0) is 15.2. The highest BCUT2D eigenvalue weighted by molar-refractivity contribution is 5.86. The maximum Gasteiger partial charge on any atom is 0.243 e. The largest absolute Gasteiger partial charge is 0.369 e. The van der Waals surface area contributed by atoms with Crippen LogP contribution in [0.25, 0.3) is 0 Å². The fraction of sp³-hybridized carbons (Fsp3) is 0.800. The van der Waals surface area contributed by atoms with E-state index in [4.69, 9.17) is 5.73 Å². The average molecular weight is 279 g/mol. The van der Waals surface area contributed by atoms with E-state index in [2.05, 4.69) is 6.07 Å². The van der Waals surface area contributed by atoms with E-state index in [0.29, 0.717) is 25.9 Å². The number of nitrogens with zero attached hydrogens (tertiary/aromatic N) is 2. The Kier molecular flexibility index (Phi) is 6.00. The van der Waals surface area contributed by atoms with Gasteiger partial charge in [0.15, 0.2) is 0 Å². The van der Waals surface area contributed by atoms with Crippen molar-refractivity contribution in [3.05, 3.63) is 0 Å². The number of hydrogen-bond donors (Lipinski definition) is 1. The topological polar surface area (TPSA) is 87.2 Å². The lowest BCUT2D eigenvalue weighted by atomic mass is 9.78. The van der Waals surface area contributed by atoms with Crippen molar-refractivity contribution in [2.75, 3.05) is 13.1 Å². The maximum absolute atomic E-state index is 12.8. The molecule has 1 fully saturated rings. The fourth-order valence-electron chi connectivity index (χ4n) is 3.05. The first kappa shape index (κ1) is 16.5. The Morgan fingerprint density at radius 2 is 1.95 bits per heavy atom. The van der Waals surface area contributed by atoms with Gasteiger partial charge in [-0.3, -0.25) is 9.59 Å². The summed E-state index contributed by atoms with van der Waals surface area (Å²) in [6.07, 6.45) is 4.26. The molecular formula is C15H25N3O2. The lowest BCUT2D eigenvalue weighted by Gasteiger charge is -2.36. The van der Waals surface area contributed by atoms with E-state index < -0.39 is 5.41 Å². The summed E-state index contributed by atoms with van der Waals surface area (Å²) in [4.78, 5) is 25.7. The molecule has 0 saturated carbocycles. The van der Waals surface area contributed by atoms with E-state index in [9.17, 15) is 14.9 Å². The van der Waals surface area contributed by atoms with Crippen molar-refractivity contribution in [3.63, 3.8) is 0 Å². The number of primary amides is 1. The molecule has 0 aromatic rings. The Labute approximate surface area is 121 Å². The van der Waals surface area contributed by atoms with Crippen LogP contribution in [0.4, 0.5) is 0 Å². The number of piperidine rings is 1. The van der Waals surface area contributed by atoms with Gasteiger partial charge in [-0.2, -0.15) is 5.26 Å². The molecule has 0 radical (unpaired) electrons. The van der Waals surface area contributed by atoms with E-state index in [1.807, 2.05) is 13.8 Å². The van der Waals surface area contributed by atoms with Crippen molar-refractivity contribution < 1.29 is 9.59 Å². The molecule has 2 N–H and O–H groups in total. The van der Waals surface area contributed by atoms with Crippen molar-refractivity contribution in [3.8, 4) is 6.07 Å². The summed E-state index contributed by atoms with van der Waals surface area (Å²) >= 11 is 0. The third-order valence-corrected chi connectivity index (χ3v) is 4.09. The van der Waals surface area contributed by atoms with Gasteiger partial charge in [0.2, 0.25) is 11.8 Å². The minimum atomic E-state index is -0.928. The Hall–Kier alpha value is -1.57. The molecule has 1 saturated heterocycles. The highest BCUT2D eigenvalue weighted by Crippen LogP contribution is 2.33. The van der Waals surface area contributed by atoms with Gasteiger partial charge in [-0.15, -0.1) is 0 Å². The summed E-state index contributed by atoms with van der Waals surface area (Å²) in [5.74, 6) is -0.738. The van der Waals surface area contributed by atoms with Crippen LogP contribution in [-0.2, 0) is 9.59 Å². The molecule has 2 amide bonds. The number of nitrogens with two attached hydrogens (primary N) is 1. The van der Waals surface area contributed by atoms with E-state index in [0.717, 1.165) is 25.7 Å². The number of nitriles is 1. The highest BCUT2D eigenvalue weighted by Gasteiger charge is 2.41. The number of carbonyl (C=O) groups is 2. The first-order valence-electron chi connectivity index (χ1n) is 7.50. The smallest absolute Gasteiger partial charge is 0.243 e. The summed E-state index contributed by atoms with van der Waals surface area (Å²) in [6.45, 7) is 4.96. The molecule has 5 nitrogen and oxygen atoms in total. The van der Waals surface area contributed by atoms with Gasteiger partial charge in [0.1, 0.15) is 5.41 Å². The molecule has 0 bridgehead atoms. The van der Waals surface area contributed by atoms with Crippen LogP contribution in [0.5, 0.6) is 0 Å². The maximum atomic E-state index is 12.8. The molecule has 1 heterocycles. The minimum absolute atomic E-state index is 0.116. The van der Waals surface area contributed by atoms with Crippen molar-refractivity contribution in [1.82, 2.24) is 4.90 Å². The molecular weight excluding hydrogens is 254 g/mol. The third kappa shape index (κ3) is 3.50. The molecule has 112 valence electrons. The van der Waals surface area contributed by atoms with Gasteiger partial charge in [-0.25, -0.2) is 0 Å². The van der Waals surface area contributed by atoms with E-state index in [-0.39, 0.29) is 17.7 Å². The molecule has 1 rings (SSSR count). The van der Waals surface area contributed by atoms with Gasteiger partial charge in [-0.05, 0) is 25.7 Å². The Morgan fingerprint density at radius 1 is 1.35 bits per heavy atom. The third-order valence-electron chi connectivity index (χ3n) is 4.09. The lowest BCUT2D eigenvalue weighted by Crippen LogP contribution is -2.49. The molecule has 1 aliphatic rings. The van der Waals surface area contributed by atoms with Crippen molar-refractivity contribution in [2.24, 2.45) is 17.1 Å². The van der Waals surface area contributed by atoms with Gasteiger partial charge >= 0.3 is 0 Å². The summed E-state index contributed by atoms with van der Waals surface area (Å²) in [5.41, 5.74) is 4.42. The van der Waals surface area contributed by atoms with E-state index in [1.165, 1.54) is 0 Å². The van der Waals surface area contributed by atoms with Crippen LogP contribution in [0.1, 0.15) is 52.4 Å². The van der Waals surface area contributed by atoms with Gasteiger partial charge in [0, 0.05) is 13.1 Å². The number of likely N-dealkylation sites (tertiary alicyclic amines) is 1. The number of hydrogen-bond acceptors (Lipinski definition) is 3. The molecule has 0 aromatic heterocycles. The summed E-state index contributed by atoms with van der Waals surface area (Å²) in [7, 11) is 0. The Bertz CT molecular complexity index is 394. The Morgan fingerprint density at radius 3 is 2.40 bits per heavy atom. The average Bonchev–Trinajstić information content (AvgIpc) is 2.46. The molecule has 0 aromatic carbocycles. The van der Waals surface area contributed by atoms with E-state index >= 15 is 0 Å².